The topological polar surface area (TPSA) is 43.8 Å². The van der Waals surface area contributed by atoms with E-state index in [1.54, 1.807) is 23.0 Å². The van der Waals surface area contributed by atoms with Crippen molar-refractivity contribution < 1.29 is 4.39 Å². The molecule has 0 atom stereocenters. The fourth-order valence-electron chi connectivity index (χ4n) is 1.43. The number of hydrogen-bond acceptors (Lipinski definition) is 2. The van der Waals surface area contributed by atoms with Crippen molar-refractivity contribution in [3.8, 4) is 0 Å². The molecule has 2 rings (SSSR count). The molecule has 0 saturated heterocycles. The second kappa shape index (κ2) is 4.25. The molecule has 0 spiro atoms. The van der Waals surface area contributed by atoms with Crippen LogP contribution in [-0.2, 0) is 6.54 Å². The minimum absolute atomic E-state index is 0.270. The largest absolute Gasteiger partial charge is 0.384 e. The van der Waals surface area contributed by atoms with Gasteiger partial charge in [-0.25, -0.2) is 9.07 Å². The zero-order valence-corrected chi connectivity index (χ0v) is 10.3. The van der Waals surface area contributed by atoms with E-state index >= 15 is 0 Å². The molecule has 0 amide bonds. The number of hydrogen-bond donors (Lipinski definition) is 1. The lowest BCUT2D eigenvalue weighted by Crippen LogP contribution is -2.06. The maximum Gasteiger partial charge on any atom is 0.137 e. The van der Waals surface area contributed by atoms with Gasteiger partial charge in [0.15, 0.2) is 0 Å². The molecule has 16 heavy (non-hydrogen) atoms. The van der Waals surface area contributed by atoms with E-state index in [4.69, 9.17) is 5.73 Å². The Morgan fingerprint density at radius 3 is 2.81 bits per heavy atom. The number of aromatic nitrogens is 2. The predicted octanol–water partition coefficient (Wildman–Crippen LogP) is 2.72. The minimum atomic E-state index is -0.270. The van der Waals surface area contributed by atoms with Gasteiger partial charge in [-0.3, -0.25) is 0 Å². The van der Waals surface area contributed by atoms with E-state index in [1.165, 1.54) is 6.07 Å². The van der Waals surface area contributed by atoms with Crippen molar-refractivity contribution in [2.75, 3.05) is 5.73 Å². The van der Waals surface area contributed by atoms with Crippen LogP contribution in [0.2, 0.25) is 0 Å². The van der Waals surface area contributed by atoms with E-state index in [0.717, 1.165) is 11.1 Å². The Hall–Kier alpha value is -1.36. The van der Waals surface area contributed by atoms with Gasteiger partial charge in [0.2, 0.25) is 0 Å². The first-order valence-electron chi connectivity index (χ1n) is 4.79. The van der Waals surface area contributed by atoms with Crippen LogP contribution in [0.5, 0.6) is 0 Å². The van der Waals surface area contributed by atoms with Gasteiger partial charge in [-0.15, -0.1) is 0 Å². The van der Waals surface area contributed by atoms with Crippen molar-refractivity contribution in [3.63, 3.8) is 0 Å². The minimum Gasteiger partial charge on any atom is -0.384 e. The molecule has 0 bridgehead atoms. The number of nitrogen functional groups attached to an aromatic ring is 1. The smallest absolute Gasteiger partial charge is 0.137 e. The summed E-state index contributed by atoms with van der Waals surface area (Å²) in [4.78, 5) is 0. The van der Waals surface area contributed by atoms with Gasteiger partial charge in [0, 0.05) is 5.56 Å². The molecule has 2 N–H and O–H groups in total. The van der Waals surface area contributed by atoms with Gasteiger partial charge in [-0.2, -0.15) is 5.10 Å². The van der Waals surface area contributed by atoms with E-state index in [-0.39, 0.29) is 5.82 Å². The van der Waals surface area contributed by atoms with Gasteiger partial charge in [-0.1, -0.05) is 6.07 Å². The first-order chi connectivity index (χ1) is 7.58. The molecular formula is C11H11BrFN3. The van der Waals surface area contributed by atoms with Crippen LogP contribution in [0.3, 0.4) is 0 Å². The Labute approximate surface area is 101 Å². The quantitative estimate of drug-likeness (QED) is 0.921. The monoisotopic (exact) mass is 283 g/mol. The summed E-state index contributed by atoms with van der Waals surface area (Å²) in [5, 5.41) is 4.15. The molecule has 0 aliphatic carbocycles. The normalized spacial score (nSPS) is 10.7. The Morgan fingerprint density at radius 1 is 1.50 bits per heavy atom. The zero-order valence-electron chi connectivity index (χ0n) is 8.74. The van der Waals surface area contributed by atoms with Crippen LogP contribution in [0.1, 0.15) is 11.1 Å². The van der Waals surface area contributed by atoms with E-state index in [2.05, 4.69) is 21.0 Å². The zero-order chi connectivity index (χ0) is 11.7. The molecule has 1 aromatic heterocycles. The van der Waals surface area contributed by atoms with Crippen LogP contribution in [0.4, 0.5) is 10.2 Å². The lowest BCUT2D eigenvalue weighted by molar-refractivity contribution is 0.618. The summed E-state index contributed by atoms with van der Waals surface area (Å²) in [5.41, 5.74) is 7.73. The molecule has 0 unspecified atom stereocenters. The number of rotatable bonds is 2. The number of benzene rings is 1. The summed E-state index contributed by atoms with van der Waals surface area (Å²) < 4.78 is 15.2. The third-order valence-electron chi connectivity index (χ3n) is 2.39. The summed E-state index contributed by atoms with van der Waals surface area (Å²) in [6.45, 7) is 2.44. The van der Waals surface area contributed by atoms with E-state index in [0.29, 0.717) is 16.8 Å². The Bertz CT molecular complexity index is 522. The Kier molecular flexibility index (Phi) is 2.96. The number of nitrogens with two attached hydrogens (primary N) is 1. The fraction of sp³-hybridized carbons (Fsp3) is 0.182. The SMILES string of the molecule is Cc1cnn(Cc2ccc(F)c(Br)c2)c1N. The summed E-state index contributed by atoms with van der Waals surface area (Å²) in [5.74, 6) is 0.369. The predicted molar refractivity (Wildman–Crippen MR) is 64.6 cm³/mol. The third-order valence-corrected chi connectivity index (χ3v) is 3.00. The fourth-order valence-corrected chi connectivity index (χ4v) is 1.85. The maximum absolute atomic E-state index is 13.0. The van der Waals surface area contributed by atoms with E-state index in [9.17, 15) is 4.39 Å². The van der Waals surface area contributed by atoms with Crippen molar-refractivity contribution in [2.45, 2.75) is 13.5 Å². The molecule has 3 nitrogen and oxygen atoms in total. The summed E-state index contributed by atoms with van der Waals surface area (Å²) >= 11 is 3.15. The van der Waals surface area contributed by atoms with Gasteiger partial charge in [-0.05, 0) is 40.5 Å². The highest BCUT2D eigenvalue weighted by atomic mass is 79.9. The molecule has 0 aliphatic heterocycles. The number of aryl methyl sites for hydroxylation is 1. The van der Waals surface area contributed by atoms with Crippen molar-refractivity contribution in [1.29, 1.82) is 0 Å². The molecule has 0 saturated carbocycles. The first kappa shape index (κ1) is 11.1. The van der Waals surface area contributed by atoms with Crippen LogP contribution < -0.4 is 5.73 Å². The number of halogens is 2. The van der Waals surface area contributed by atoms with Crippen LogP contribution in [-0.4, -0.2) is 9.78 Å². The van der Waals surface area contributed by atoms with E-state index < -0.39 is 0 Å². The number of anilines is 1. The van der Waals surface area contributed by atoms with Crippen molar-refractivity contribution >= 4 is 21.7 Å². The molecule has 0 radical (unpaired) electrons. The Balaban J connectivity index is 2.27. The van der Waals surface area contributed by atoms with Crippen LogP contribution in [0.15, 0.2) is 28.9 Å². The summed E-state index contributed by atoms with van der Waals surface area (Å²) in [7, 11) is 0. The lowest BCUT2D eigenvalue weighted by atomic mass is 10.2. The van der Waals surface area contributed by atoms with Crippen molar-refractivity contribution in [1.82, 2.24) is 9.78 Å². The molecule has 1 aromatic carbocycles. The molecule has 1 heterocycles. The number of nitrogens with zero attached hydrogens (tertiary/aromatic N) is 2. The molecule has 0 aliphatic rings. The molecule has 5 heteroatoms. The van der Waals surface area contributed by atoms with Crippen LogP contribution in [0, 0.1) is 12.7 Å². The van der Waals surface area contributed by atoms with Crippen molar-refractivity contribution in [3.05, 3.63) is 45.8 Å². The Morgan fingerprint density at radius 2 is 2.25 bits per heavy atom. The highest BCUT2D eigenvalue weighted by Gasteiger charge is 2.05. The summed E-state index contributed by atoms with van der Waals surface area (Å²) in [6.07, 6.45) is 1.72. The second-order valence-electron chi connectivity index (χ2n) is 3.62. The average Bonchev–Trinajstić information content (AvgIpc) is 2.55. The van der Waals surface area contributed by atoms with Crippen LogP contribution in [0.25, 0.3) is 0 Å². The second-order valence-corrected chi connectivity index (χ2v) is 4.47. The molecule has 2 aromatic rings. The van der Waals surface area contributed by atoms with E-state index in [1.807, 2.05) is 6.92 Å². The maximum atomic E-state index is 13.0. The van der Waals surface area contributed by atoms with Gasteiger partial charge in [0.1, 0.15) is 11.6 Å². The highest BCUT2D eigenvalue weighted by Crippen LogP contribution is 2.18. The molecule has 0 fully saturated rings. The third kappa shape index (κ3) is 2.09. The first-order valence-corrected chi connectivity index (χ1v) is 5.59. The molecule has 84 valence electrons. The van der Waals surface area contributed by atoms with Gasteiger partial charge in [0.25, 0.3) is 0 Å². The van der Waals surface area contributed by atoms with Gasteiger partial charge >= 0.3 is 0 Å². The lowest BCUT2D eigenvalue weighted by Gasteiger charge is -2.05. The van der Waals surface area contributed by atoms with Crippen LogP contribution >= 0.6 is 15.9 Å². The highest BCUT2D eigenvalue weighted by molar-refractivity contribution is 9.10. The average molecular weight is 284 g/mol. The van der Waals surface area contributed by atoms with Gasteiger partial charge in [0.05, 0.1) is 17.2 Å². The summed E-state index contributed by atoms with van der Waals surface area (Å²) in [6, 6.07) is 4.87. The van der Waals surface area contributed by atoms with Crippen molar-refractivity contribution in [2.24, 2.45) is 0 Å². The standard InChI is InChI=1S/C11H11BrFN3/c1-7-5-15-16(11(7)14)6-8-2-3-10(13)9(12)4-8/h2-5H,6,14H2,1H3. The van der Waals surface area contributed by atoms with Gasteiger partial charge < -0.3 is 5.73 Å². The molecular weight excluding hydrogens is 273 g/mol.